The number of phenolic OH excluding ortho intramolecular Hbond substituents is 1. The Kier molecular flexibility index (Phi) is 6.96. The molecule has 9 rings (SSSR count). The van der Waals surface area contributed by atoms with Gasteiger partial charge in [0.25, 0.3) is 0 Å². The van der Waals surface area contributed by atoms with E-state index in [0.717, 1.165) is 51.9 Å². The van der Waals surface area contributed by atoms with Gasteiger partial charge < -0.3 is 29.7 Å². The molecule has 1 aromatic heterocycles. The highest BCUT2D eigenvalue weighted by atomic mass is 19.1. The quantitative estimate of drug-likeness (QED) is 0.246. The topological polar surface area (TPSA) is 83.0 Å². The number of fused-ring (bicyclic) bond motifs is 6. The number of likely N-dealkylation sites (tertiary alicyclic amines) is 1. The molecule has 1 aliphatic carbocycles. The molecule has 10 heteroatoms. The van der Waals surface area contributed by atoms with Gasteiger partial charge in [0.2, 0.25) is 0 Å². The standard InChI is InChI=1S/C38H39F2N5O3/c1-3-25-28(39)8-6-22-13-24(46)14-26(32(22)25)27-15-31-33-35(34(27)40)42-37(48-20-38(10-11-38)19-44-12-4-5-21(2)16-44)43-36(33)45-17-23-7-9-29(41-23)30(45)18-47-31/h1,6,8,13-15,21,23,29-30,41,46H,4-5,7,9-12,16-20H2,2H3/t21-,23-,29+,30-/m1/s1. The van der Waals surface area contributed by atoms with Crippen molar-refractivity contribution in [1.82, 2.24) is 20.2 Å². The molecule has 3 aromatic carbocycles. The van der Waals surface area contributed by atoms with Crippen molar-refractivity contribution in [1.29, 1.82) is 0 Å². The van der Waals surface area contributed by atoms with Gasteiger partial charge in [0.15, 0.2) is 5.82 Å². The number of aromatic nitrogens is 2. The molecule has 3 saturated heterocycles. The van der Waals surface area contributed by atoms with E-state index in [0.29, 0.717) is 52.9 Å². The molecule has 4 atom stereocenters. The maximum atomic E-state index is 17.1. The summed E-state index contributed by atoms with van der Waals surface area (Å²) in [4.78, 5) is 14.5. The van der Waals surface area contributed by atoms with Gasteiger partial charge in [-0.15, -0.1) is 6.42 Å². The Labute approximate surface area is 278 Å². The van der Waals surface area contributed by atoms with Crippen LogP contribution in [0.2, 0.25) is 0 Å². The second-order valence-electron chi connectivity index (χ2n) is 14.8. The second-order valence-corrected chi connectivity index (χ2v) is 14.8. The molecular formula is C38H39F2N5O3. The van der Waals surface area contributed by atoms with E-state index in [1.165, 1.54) is 37.1 Å². The third-order valence-corrected chi connectivity index (χ3v) is 11.3. The maximum Gasteiger partial charge on any atom is 0.319 e. The molecule has 8 nitrogen and oxygen atoms in total. The Morgan fingerprint density at radius 2 is 1.98 bits per heavy atom. The van der Waals surface area contributed by atoms with E-state index in [2.05, 4.69) is 28.0 Å². The number of nitrogens with zero attached hydrogens (tertiary/aromatic N) is 4. The van der Waals surface area contributed by atoms with Crippen molar-refractivity contribution in [3.63, 3.8) is 0 Å². The minimum Gasteiger partial charge on any atom is -0.508 e. The van der Waals surface area contributed by atoms with Crippen LogP contribution in [0, 0.1) is 35.3 Å². The number of anilines is 1. The molecular weight excluding hydrogens is 612 g/mol. The zero-order valence-corrected chi connectivity index (χ0v) is 27.1. The van der Waals surface area contributed by atoms with E-state index >= 15 is 8.78 Å². The number of rotatable bonds is 6. The van der Waals surface area contributed by atoms with Crippen LogP contribution in [0.15, 0.2) is 30.3 Å². The first-order valence-electron chi connectivity index (χ1n) is 17.3. The largest absolute Gasteiger partial charge is 0.508 e. The monoisotopic (exact) mass is 651 g/mol. The van der Waals surface area contributed by atoms with Gasteiger partial charge in [0, 0.05) is 48.1 Å². The summed E-state index contributed by atoms with van der Waals surface area (Å²) in [5.41, 5.74) is 0.478. The SMILES string of the molecule is C#Cc1c(F)ccc2cc(O)cc(-c3cc4c5c(nc(OCC6(CN7CCC[C@@H](C)C7)CC6)nc5c3F)N3C[C@H]5CC[C@H](N5)[C@H]3CO4)c12. The summed E-state index contributed by atoms with van der Waals surface area (Å²) < 4.78 is 45.1. The molecule has 4 aromatic rings. The summed E-state index contributed by atoms with van der Waals surface area (Å²) in [6, 6.07) is 7.98. The molecule has 48 heavy (non-hydrogen) atoms. The number of benzene rings is 3. The fourth-order valence-corrected chi connectivity index (χ4v) is 8.73. The van der Waals surface area contributed by atoms with Gasteiger partial charge in [-0.05, 0) is 86.2 Å². The van der Waals surface area contributed by atoms with E-state index in [4.69, 9.17) is 25.9 Å². The van der Waals surface area contributed by atoms with Crippen molar-refractivity contribution in [2.75, 3.05) is 44.3 Å². The first-order chi connectivity index (χ1) is 23.3. The van der Waals surface area contributed by atoms with Crippen LogP contribution in [0.3, 0.4) is 0 Å². The first kappa shape index (κ1) is 29.9. The van der Waals surface area contributed by atoms with Gasteiger partial charge >= 0.3 is 6.01 Å². The number of terminal acetylenes is 1. The summed E-state index contributed by atoms with van der Waals surface area (Å²) in [7, 11) is 0. The molecule has 0 spiro atoms. The van der Waals surface area contributed by atoms with Gasteiger partial charge in [-0.25, -0.2) is 8.78 Å². The van der Waals surface area contributed by atoms with E-state index in [-0.39, 0.29) is 51.5 Å². The van der Waals surface area contributed by atoms with Crippen molar-refractivity contribution < 1.29 is 23.4 Å². The highest BCUT2D eigenvalue weighted by molar-refractivity contribution is 6.06. The summed E-state index contributed by atoms with van der Waals surface area (Å²) in [6.45, 7) is 7.08. The molecule has 5 heterocycles. The van der Waals surface area contributed by atoms with Crippen LogP contribution in [0.5, 0.6) is 17.5 Å². The molecule has 5 aliphatic rings. The number of phenols is 1. The predicted molar refractivity (Wildman–Crippen MR) is 181 cm³/mol. The smallest absolute Gasteiger partial charge is 0.319 e. The molecule has 4 fully saturated rings. The van der Waals surface area contributed by atoms with Gasteiger partial charge in [-0.3, -0.25) is 0 Å². The predicted octanol–water partition coefficient (Wildman–Crippen LogP) is 6.01. The lowest BCUT2D eigenvalue weighted by Crippen LogP contribution is -2.60. The van der Waals surface area contributed by atoms with Crippen LogP contribution in [-0.4, -0.2) is 77.5 Å². The van der Waals surface area contributed by atoms with Crippen molar-refractivity contribution in [3.8, 4) is 41.0 Å². The van der Waals surface area contributed by atoms with Gasteiger partial charge in [0.05, 0.1) is 23.6 Å². The van der Waals surface area contributed by atoms with E-state index in [1.54, 1.807) is 6.07 Å². The molecule has 1 saturated carbocycles. The van der Waals surface area contributed by atoms with E-state index < -0.39 is 11.6 Å². The molecule has 4 aliphatic heterocycles. The van der Waals surface area contributed by atoms with Gasteiger partial charge in [-0.2, -0.15) is 9.97 Å². The number of nitrogens with one attached hydrogen (secondary N) is 1. The van der Waals surface area contributed by atoms with Gasteiger partial charge in [-0.1, -0.05) is 18.9 Å². The summed E-state index contributed by atoms with van der Waals surface area (Å²) in [6.07, 6.45) is 12.5. The minimum absolute atomic E-state index is 0.00163. The van der Waals surface area contributed by atoms with Crippen molar-refractivity contribution >= 4 is 27.5 Å². The lowest BCUT2D eigenvalue weighted by atomic mass is 9.92. The number of aromatic hydroxyl groups is 1. The number of piperidine rings is 1. The number of hydrogen-bond donors (Lipinski definition) is 2. The van der Waals surface area contributed by atoms with Crippen molar-refractivity contribution in [3.05, 3.63) is 47.5 Å². The Morgan fingerprint density at radius 3 is 2.79 bits per heavy atom. The molecule has 2 bridgehead atoms. The maximum absolute atomic E-state index is 17.1. The molecule has 0 amide bonds. The van der Waals surface area contributed by atoms with E-state index in [9.17, 15) is 5.11 Å². The van der Waals surface area contributed by atoms with Crippen LogP contribution in [0.25, 0.3) is 32.8 Å². The third kappa shape index (κ3) is 4.93. The highest BCUT2D eigenvalue weighted by Gasteiger charge is 2.46. The highest BCUT2D eigenvalue weighted by Crippen LogP contribution is 2.49. The fourth-order valence-electron chi connectivity index (χ4n) is 8.73. The van der Waals surface area contributed by atoms with Crippen LogP contribution in [0.1, 0.15) is 51.0 Å². The lowest BCUT2D eigenvalue weighted by Gasteiger charge is -2.40. The Bertz CT molecular complexity index is 2010. The number of halogens is 2. The molecule has 0 radical (unpaired) electrons. The van der Waals surface area contributed by atoms with Gasteiger partial charge in [0.1, 0.15) is 35.3 Å². The summed E-state index contributed by atoms with van der Waals surface area (Å²) in [5.74, 6) is 2.85. The third-order valence-electron chi connectivity index (χ3n) is 11.3. The van der Waals surface area contributed by atoms with Crippen LogP contribution < -0.4 is 19.7 Å². The number of hydrogen-bond acceptors (Lipinski definition) is 8. The molecule has 2 N–H and O–H groups in total. The number of piperazine rings is 1. The molecule has 0 unspecified atom stereocenters. The first-order valence-corrected chi connectivity index (χ1v) is 17.3. The van der Waals surface area contributed by atoms with Crippen LogP contribution >= 0.6 is 0 Å². The van der Waals surface area contributed by atoms with Crippen LogP contribution in [-0.2, 0) is 0 Å². The van der Waals surface area contributed by atoms with Crippen molar-refractivity contribution in [2.24, 2.45) is 11.3 Å². The zero-order chi connectivity index (χ0) is 32.7. The fraction of sp³-hybridized carbons (Fsp3) is 0.474. The summed E-state index contributed by atoms with van der Waals surface area (Å²) in [5, 5.41) is 15.7. The Hall–Kier alpha value is -4.20. The normalized spacial score (nSPS) is 25.8. The Balaban J connectivity index is 1.18. The number of ether oxygens (including phenoxy) is 2. The Morgan fingerprint density at radius 1 is 1.10 bits per heavy atom. The minimum atomic E-state index is -0.634. The van der Waals surface area contributed by atoms with Crippen LogP contribution in [0.4, 0.5) is 14.6 Å². The second kappa shape index (κ2) is 11.2. The summed E-state index contributed by atoms with van der Waals surface area (Å²) >= 11 is 0. The molecule has 248 valence electrons. The lowest BCUT2D eigenvalue weighted by molar-refractivity contribution is 0.119. The average Bonchev–Trinajstić information content (AvgIpc) is 3.76. The van der Waals surface area contributed by atoms with E-state index in [1.807, 2.05) is 0 Å². The van der Waals surface area contributed by atoms with Crippen molar-refractivity contribution in [2.45, 2.75) is 63.6 Å². The average molecular weight is 652 g/mol. The zero-order valence-electron chi connectivity index (χ0n) is 27.1.